The molecule has 0 amide bonds. The highest BCUT2D eigenvalue weighted by Gasteiger charge is 2.25. The fourth-order valence-electron chi connectivity index (χ4n) is 3.52. The summed E-state index contributed by atoms with van der Waals surface area (Å²) >= 11 is 1.71. The first-order valence-electron chi connectivity index (χ1n) is 9.83. The summed E-state index contributed by atoms with van der Waals surface area (Å²) in [6.45, 7) is 2.04. The average Bonchev–Trinajstić information content (AvgIpc) is 3.43. The van der Waals surface area contributed by atoms with E-state index in [1.54, 1.807) is 29.7 Å². The number of benzene rings is 1. The van der Waals surface area contributed by atoms with E-state index in [-0.39, 0.29) is 30.6 Å². The standard InChI is InChI=1S/C21H22FN5S.2ClH/c22-15-3-1-13(2-4-15)18-19(28-20(27-18)14-7-10-23-11-8-14)17-9-12-24-21(26-17)25-16-5-6-16;;/h1-4,9,12,14,16,23H,5-8,10-11H2,(H,24,25,26);2*1H. The number of anilines is 1. The summed E-state index contributed by atoms with van der Waals surface area (Å²) in [6, 6.07) is 9.00. The van der Waals surface area contributed by atoms with Crippen molar-refractivity contribution in [1.82, 2.24) is 20.3 Å². The van der Waals surface area contributed by atoms with Crippen molar-refractivity contribution in [3.05, 3.63) is 47.4 Å². The van der Waals surface area contributed by atoms with Gasteiger partial charge in [-0.15, -0.1) is 36.2 Å². The van der Waals surface area contributed by atoms with E-state index in [1.165, 1.54) is 25.0 Å². The first kappa shape index (κ1) is 22.9. The molecular formula is C21H24Cl2FN5S. The third kappa shape index (κ3) is 5.09. The maximum atomic E-state index is 13.4. The Labute approximate surface area is 191 Å². The SMILES string of the molecule is Cl.Cl.Fc1ccc(-c2nc(C3CCNCC3)sc2-c2ccnc(NC3CC3)n2)cc1. The molecule has 2 aromatic heterocycles. The molecule has 2 N–H and O–H groups in total. The van der Waals surface area contributed by atoms with Crippen molar-refractivity contribution in [3.8, 4) is 21.8 Å². The summed E-state index contributed by atoms with van der Waals surface area (Å²) in [4.78, 5) is 15.1. The highest BCUT2D eigenvalue weighted by atomic mass is 35.5. The second kappa shape index (κ2) is 10.0. The van der Waals surface area contributed by atoms with Crippen molar-refractivity contribution in [2.24, 2.45) is 0 Å². The third-order valence-electron chi connectivity index (χ3n) is 5.25. The number of piperidine rings is 1. The number of hydrogen-bond acceptors (Lipinski definition) is 6. The Morgan fingerprint density at radius 2 is 1.70 bits per heavy atom. The number of hydrogen-bond donors (Lipinski definition) is 2. The lowest BCUT2D eigenvalue weighted by Crippen LogP contribution is -2.26. The summed E-state index contributed by atoms with van der Waals surface area (Å²) in [5.41, 5.74) is 2.67. The summed E-state index contributed by atoms with van der Waals surface area (Å²) in [6.07, 6.45) is 6.33. The van der Waals surface area contributed by atoms with Crippen LogP contribution < -0.4 is 10.6 Å². The van der Waals surface area contributed by atoms with Crippen LogP contribution in [0.4, 0.5) is 10.3 Å². The molecule has 2 aliphatic rings. The number of halogens is 3. The minimum Gasteiger partial charge on any atom is -0.351 e. The van der Waals surface area contributed by atoms with Crippen molar-refractivity contribution < 1.29 is 4.39 Å². The zero-order chi connectivity index (χ0) is 18.9. The monoisotopic (exact) mass is 467 g/mol. The maximum Gasteiger partial charge on any atom is 0.223 e. The van der Waals surface area contributed by atoms with Gasteiger partial charge < -0.3 is 10.6 Å². The van der Waals surface area contributed by atoms with E-state index in [2.05, 4.69) is 15.6 Å². The minimum atomic E-state index is -0.239. The zero-order valence-electron chi connectivity index (χ0n) is 16.3. The Kier molecular flexibility index (Phi) is 7.63. The molecule has 5 rings (SSSR count). The van der Waals surface area contributed by atoms with E-state index in [9.17, 15) is 4.39 Å². The van der Waals surface area contributed by atoms with Crippen LogP contribution in [0.5, 0.6) is 0 Å². The molecule has 1 aliphatic heterocycles. The summed E-state index contributed by atoms with van der Waals surface area (Å²) in [5, 5.41) is 7.92. The molecule has 5 nitrogen and oxygen atoms in total. The van der Waals surface area contributed by atoms with E-state index in [1.807, 2.05) is 6.07 Å². The molecule has 3 heterocycles. The number of aromatic nitrogens is 3. The van der Waals surface area contributed by atoms with E-state index in [0.29, 0.717) is 17.9 Å². The molecule has 2 fully saturated rings. The van der Waals surface area contributed by atoms with E-state index < -0.39 is 0 Å². The Morgan fingerprint density at radius 3 is 2.40 bits per heavy atom. The normalized spacial score (nSPS) is 16.4. The van der Waals surface area contributed by atoms with E-state index in [0.717, 1.165) is 52.8 Å². The fourth-order valence-corrected chi connectivity index (χ4v) is 4.75. The molecule has 0 radical (unpaired) electrons. The molecule has 9 heteroatoms. The van der Waals surface area contributed by atoms with Gasteiger partial charge in [-0.1, -0.05) is 0 Å². The first-order chi connectivity index (χ1) is 13.8. The topological polar surface area (TPSA) is 62.7 Å². The zero-order valence-corrected chi connectivity index (χ0v) is 18.8. The Morgan fingerprint density at radius 1 is 0.967 bits per heavy atom. The molecule has 0 bridgehead atoms. The third-order valence-corrected chi connectivity index (χ3v) is 6.49. The van der Waals surface area contributed by atoms with Crippen LogP contribution in [0.2, 0.25) is 0 Å². The van der Waals surface area contributed by atoms with Gasteiger partial charge in [0.05, 0.1) is 21.3 Å². The summed E-state index contributed by atoms with van der Waals surface area (Å²) < 4.78 is 13.4. The average molecular weight is 468 g/mol. The molecule has 0 spiro atoms. The Hall–Kier alpha value is -1.80. The molecule has 1 aromatic carbocycles. The van der Waals surface area contributed by atoms with Crippen molar-refractivity contribution in [3.63, 3.8) is 0 Å². The van der Waals surface area contributed by atoms with Gasteiger partial charge in [-0.3, -0.25) is 0 Å². The van der Waals surface area contributed by atoms with Gasteiger partial charge in [-0.05, 0) is 69.1 Å². The van der Waals surface area contributed by atoms with Crippen molar-refractivity contribution >= 4 is 42.1 Å². The van der Waals surface area contributed by atoms with Crippen LogP contribution in [0.1, 0.15) is 36.6 Å². The van der Waals surface area contributed by atoms with E-state index >= 15 is 0 Å². The van der Waals surface area contributed by atoms with Gasteiger partial charge >= 0.3 is 0 Å². The highest BCUT2D eigenvalue weighted by Crippen LogP contribution is 2.40. The molecule has 1 saturated carbocycles. The summed E-state index contributed by atoms with van der Waals surface area (Å²) in [7, 11) is 0. The van der Waals surface area contributed by atoms with Crippen molar-refractivity contribution in [2.45, 2.75) is 37.6 Å². The molecular weight excluding hydrogens is 444 g/mol. The van der Waals surface area contributed by atoms with Gasteiger partial charge in [0.1, 0.15) is 5.82 Å². The minimum absolute atomic E-state index is 0. The maximum absolute atomic E-state index is 13.4. The van der Waals surface area contributed by atoms with Gasteiger partial charge in [0.2, 0.25) is 5.95 Å². The second-order valence-electron chi connectivity index (χ2n) is 7.45. The van der Waals surface area contributed by atoms with Crippen molar-refractivity contribution in [1.29, 1.82) is 0 Å². The highest BCUT2D eigenvalue weighted by molar-refractivity contribution is 7.15. The van der Waals surface area contributed by atoms with Gasteiger partial charge in [0, 0.05) is 23.7 Å². The Balaban J connectivity index is 0.00000128. The van der Waals surface area contributed by atoms with E-state index in [4.69, 9.17) is 9.97 Å². The predicted molar refractivity (Wildman–Crippen MR) is 125 cm³/mol. The second-order valence-corrected chi connectivity index (χ2v) is 8.48. The Bertz CT molecular complexity index is 972. The number of thiazole rings is 1. The van der Waals surface area contributed by atoms with Crippen LogP contribution in [-0.2, 0) is 0 Å². The van der Waals surface area contributed by atoms with Crippen LogP contribution in [-0.4, -0.2) is 34.1 Å². The van der Waals surface area contributed by atoms with Crippen molar-refractivity contribution in [2.75, 3.05) is 18.4 Å². The van der Waals surface area contributed by atoms with Crippen LogP contribution in [0, 0.1) is 5.82 Å². The van der Waals surface area contributed by atoms with Gasteiger partial charge in [-0.25, -0.2) is 19.3 Å². The number of rotatable bonds is 5. The molecule has 1 aliphatic carbocycles. The molecule has 1 saturated heterocycles. The largest absolute Gasteiger partial charge is 0.351 e. The number of nitrogens with one attached hydrogen (secondary N) is 2. The molecule has 0 unspecified atom stereocenters. The fraction of sp³-hybridized carbons (Fsp3) is 0.381. The smallest absolute Gasteiger partial charge is 0.223 e. The summed E-state index contributed by atoms with van der Waals surface area (Å²) in [5.74, 6) is 0.893. The van der Waals surface area contributed by atoms with Crippen LogP contribution in [0.3, 0.4) is 0 Å². The first-order valence-corrected chi connectivity index (χ1v) is 10.7. The van der Waals surface area contributed by atoms with Crippen LogP contribution in [0.15, 0.2) is 36.5 Å². The molecule has 30 heavy (non-hydrogen) atoms. The number of nitrogens with zero attached hydrogens (tertiary/aromatic N) is 3. The van der Waals surface area contributed by atoms with Gasteiger partial charge in [0.15, 0.2) is 0 Å². The molecule has 0 atom stereocenters. The molecule has 3 aromatic rings. The van der Waals surface area contributed by atoms with Gasteiger partial charge in [-0.2, -0.15) is 0 Å². The van der Waals surface area contributed by atoms with Crippen LogP contribution >= 0.6 is 36.2 Å². The molecule has 160 valence electrons. The predicted octanol–water partition coefficient (Wildman–Crippen LogP) is 5.29. The van der Waals surface area contributed by atoms with Crippen LogP contribution in [0.25, 0.3) is 21.8 Å². The lowest BCUT2D eigenvalue weighted by molar-refractivity contribution is 0.459. The van der Waals surface area contributed by atoms with Gasteiger partial charge in [0.25, 0.3) is 0 Å². The quantitative estimate of drug-likeness (QED) is 0.533. The lowest BCUT2D eigenvalue weighted by Gasteiger charge is -2.20. The lowest BCUT2D eigenvalue weighted by atomic mass is 9.99.